The molecular formula is C21H33N2O6PS. The first-order valence-electron chi connectivity index (χ1n) is 10.4. The summed E-state index contributed by atoms with van der Waals surface area (Å²) in [6, 6.07) is 9.42. The van der Waals surface area contributed by atoms with Crippen molar-refractivity contribution in [2.24, 2.45) is 5.41 Å². The maximum Gasteiger partial charge on any atom is 0.329 e. The number of rotatable bonds is 10. The van der Waals surface area contributed by atoms with Crippen LogP contribution in [0.4, 0.5) is 0 Å². The minimum absolute atomic E-state index is 0.105. The van der Waals surface area contributed by atoms with E-state index in [1.165, 1.54) is 18.7 Å². The molecule has 8 nitrogen and oxygen atoms in total. The Hall–Kier alpha value is -1.38. The molecular weight excluding hydrogens is 439 g/mol. The van der Waals surface area contributed by atoms with Crippen molar-refractivity contribution < 1.29 is 28.6 Å². The van der Waals surface area contributed by atoms with E-state index in [-0.39, 0.29) is 25.1 Å². The molecule has 0 aliphatic carbocycles. The van der Waals surface area contributed by atoms with Crippen LogP contribution in [0.5, 0.6) is 0 Å². The van der Waals surface area contributed by atoms with E-state index in [2.05, 4.69) is 5.09 Å². The predicted octanol–water partition coefficient (Wildman–Crippen LogP) is 3.55. The molecule has 31 heavy (non-hydrogen) atoms. The topological polar surface area (TPSA) is 105 Å². The Labute approximate surface area is 188 Å². The van der Waals surface area contributed by atoms with E-state index in [9.17, 15) is 19.3 Å². The second-order valence-corrected chi connectivity index (χ2v) is 12.1. The molecule has 1 aliphatic rings. The molecule has 1 saturated heterocycles. The molecule has 0 aromatic heterocycles. The summed E-state index contributed by atoms with van der Waals surface area (Å²) in [5.41, 5.74) is -0.918. The second kappa shape index (κ2) is 11.5. The number of benzene rings is 1. The van der Waals surface area contributed by atoms with Gasteiger partial charge < -0.3 is 14.5 Å². The van der Waals surface area contributed by atoms with Gasteiger partial charge >= 0.3 is 5.97 Å². The van der Waals surface area contributed by atoms with Crippen molar-refractivity contribution in [2.75, 3.05) is 18.9 Å². The minimum atomic E-state index is -3.63. The number of nitrogens with one attached hydrogen (secondary N) is 1. The van der Waals surface area contributed by atoms with Crippen LogP contribution < -0.4 is 5.09 Å². The first-order chi connectivity index (χ1) is 14.5. The summed E-state index contributed by atoms with van der Waals surface area (Å²) in [4.78, 5) is 29.2. The molecule has 0 bridgehead atoms. The van der Waals surface area contributed by atoms with Gasteiger partial charge in [0, 0.05) is 19.2 Å². The fourth-order valence-corrected chi connectivity index (χ4v) is 6.24. The summed E-state index contributed by atoms with van der Waals surface area (Å²) < 4.78 is 19.6. The zero-order valence-electron chi connectivity index (χ0n) is 18.6. The predicted molar refractivity (Wildman–Crippen MR) is 121 cm³/mol. The number of hydroxylamine groups is 2. The zero-order valence-corrected chi connectivity index (χ0v) is 20.3. The van der Waals surface area contributed by atoms with Crippen LogP contribution in [0.2, 0.25) is 0 Å². The van der Waals surface area contributed by atoms with Crippen LogP contribution in [0.15, 0.2) is 30.3 Å². The molecule has 3 unspecified atom stereocenters. The lowest BCUT2D eigenvalue weighted by molar-refractivity contribution is -0.199. The molecule has 1 aliphatic heterocycles. The lowest BCUT2D eigenvalue weighted by Crippen LogP contribution is -2.46. The lowest BCUT2D eigenvalue weighted by Gasteiger charge is -2.34. The normalized spacial score (nSPS) is 20.2. The number of thioether (sulfide) groups is 1. The maximum absolute atomic E-state index is 13.8. The van der Waals surface area contributed by atoms with E-state index >= 15 is 0 Å². The molecule has 0 saturated carbocycles. The third-order valence-electron chi connectivity index (χ3n) is 4.75. The van der Waals surface area contributed by atoms with Gasteiger partial charge in [0.2, 0.25) is 0 Å². The van der Waals surface area contributed by atoms with E-state index in [0.717, 1.165) is 10.6 Å². The fraction of sp³-hybridized carbons (Fsp3) is 0.619. The number of aliphatic hydroxyl groups excluding tert-OH is 1. The molecule has 2 N–H and O–H groups in total. The fourth-order valence-electron chi connectivity index (χ4n) is 3.02. The average molecular weight is 473 g/mol. The van der Waals surface area contributed by atoms with Crippen LogP contribution in [-0.4, -0.2) is 52.0 Å². The van der Waals surface area contributed by atoms with Crippen molar-refractivity contribution in [3.05, 3.63) is 35.9 Å². The number of nitrogens with zero attached hydrogens (tertiary/aromatic N) is 1. The first kappa shape index (κ1) is 25.9. The highest BCUT2D eigenvalue weighted by Crippen LogP contribution is 2.52. The third kappa shape index (κ3) is 7.91. The molecule has 174 valence electrons. The number of carbonyl (C=O) groups excluding carboxylic acids is 2. The molecule has 1 aromatic carbocycles. The maximum atomic E-state index is 13.8. The van der Waals surface area contributed by atoms with Crippen LogP contribution in [-0.2, 0) is 30.1 Å². The Morgan fingerprint density at radius 1 is 1.35 bits per heavy atom. The number of piperidine rings is 1. The van der Waals surface area contributed by atoms with Gasteiger partial charge in [-0.2, -0.15) is 5.06 Å². The Balaban J connectivity index is 2.10. The lowest BCUT2D eigenvalue weighted by atomic mass is 9.98. The third-order valence-corrected chi connectivity index (χ3v) is 8.64. The van der Waals surface area contributed by atoms with Crippen molar-refractivity contribution in [1.82, 2.24) is 10.2 Å². The molecule has 0 radical (unpaired) electrons. The van der Waals surface area contributed by atoms with Crippen molar-refractivity contribution in [3.8, 4) is 0 Å². The average Bonchev–Trinajstić information content (AvgIpc) is 2.71. The highest BCUT2D eigenvalue weighted by Gasteiger charge is 2.45. The summed E-state index contributed by atoms with van der Waals surface area (Å²) in [7, 11) is -3.63. The van der Waals surface area contributed by atoms with Crippen molar-refractivity contribution in [3.63, 3.8) is 0 Å². The molecule has 3 atom stereocenters. The SMILES string of the molecule is CC(=O)ON1CCCC(P(=O)(NCc2ccccc2)OCCSC(O)C(C)(C)C)C1=O. The van der Waals surface area contributed by atoms with E-state index in [0.29, 0.717) is 18.6 Å². The Morgan fingerprint density at radius 2 is 2.03 bits per heavy atom. The highest BCUT2D eigenvalue weighted by atomic mass is 32.2. The van der Waals surface area contributed by atoms with Crippen LogP contribution in [0, 0.1) is 5.41 Å². The molecule has 0 spiro atoms. The van der Waals surface area contributed by atoms with Gasteiger partial charge in [-0.1, -0.05) is 51.1 Å². The summed E-state index contributed by atoms with van der Waals surface area (Å²) in [6.45, 7) is 7.66. The van der Waals surface area contributed by atoms with Crippen LogP contribution >= 0.6 is 19.3 Å². The minimum Gasteiger partial charge on any atom is -0.382 e. The summed E-state index contributed by atoms with van der Waals surface area (Å²) in [6.07, 6.45) is 0.912. The monoisotopic (exact) mass is 472 g/mol. The zero-order chi connectivity index (χ0) is 23.1. The van der Waals surface area contributed by atoms with Gasteiger partial charge in [0.05, 0.1) is 13.2 Å². The van der Waals surface area contributed by atoms with Crippen molar-refractivity contribution in [2.45, 2.75) is 58.2 Å². The van der Waals surface area contributed by atoms with Gasteiger partial charge in [0.25, 0.3) is 13.4 Å². The Morgan fingerprint density at radius 3 is 2.65 bits per heavy atom. The number of amides is 1. The van der Waals surface area contributed by atoms with Gasteiger partial charge in [-0.15, -0.1) is 11.8 Å². The highest BCUT2D eigenvalue weighted by molar-refractivity contribution is 7.99. The molecule has 1 heterocycles. The van der Waals surface area contributed by atoms with Crippen LogP contribution in [0.1, 0.15) is 46.1 Å². The standard InChI is InChI=1S/C21H33N2O6PS/c1-16(24)29-23-12-8-11-18(19(23)25)30(27,22-15-17-9-6-5-7-10-17)28-13-14-31-20(26)21(2,3)4/h5-7,9-10,18,20,26H,8,11-15H2,1-4H3,(H,22,27). The second-order valence-electron chi connectivity index (χ2n) is 8.52. The van der Waals surface area contributed by atoms with Gasteiger partial charge in [-0.05, 0) is 23.8 Å². The molecule has 1 fully saturated rings. The van der Waals surface area contributed by atoms with Gasteiger partial charge in [0.1, 0.15) is 11.1 Å². The first-order valence-corrected chi connectivity index (χ1v) is 13.1. The largest absolute Gasteiger partial charge is 0.382 e. The van der Waals surface area contributed by atoms with Gasteiger partial charge in [-0.25, -0.2) is 5.09 Å². The summed E-state index contributed by atoms with van der Waals surface area (Å²) in [5.74, 6) is -0.702. The van der Waals surface area contributed by atoms with E-state index in [1.807, 2.05) is 51.1 Å². The molecule has 1 aromatic rings. The molecule has 10 heteroatoms. The number of aliphatic hydroxyl groups is 1. The summed E-state index contributed by atoms with van der Waals surface area (Å²) in [5, 5.41) is 14.1. The van der Waals surface area contributed by atoms with Crippen LogP contribution in [0.3, 0.4) is 0 Å². The van der Waals surface area contributed by atoms with Gasteiger partial charge in [-0.3, -0.25) is 14.2 Å². The Bertz CT molecular complexity index is 786. The number of hydrogen-bond donors (Lipinski definition) is 2. The summed E-state index contributed by atoms with van der Waals surface area (Å²) >= 11 is 1.31. The van der Waals surface area contributed by atoms with Gasteiger partial charge in [0.15, 0.2) is 0 Å². The smallest absolute Gasteiger partial charge is 0.329 e. The molecule has 2 rings (SSSR count). The Kier molecular flexibility index (Phi) is 9.58. The quantitative estimate of drug-likeness (QED) is 0.303. The molecule has 1 amide bonds. The van der Waals surface area contributed by atoms with E-state index in [1.54, 1.807) is 0 Å². The van der Waals surface area contributed by atoms with Crippen molar-refractivity contribution in [1.29, 1.82) is 0 Å². The van der Waals surface area contributed by atoms with Crippen molar-refractivity contribution >= 4 is 31.2 Å². The number of hydrogen-bond acceptors (Lipinski definition) is 7. The van der Waals surface area contributed by atoms with E-state index < -0.39 is 30.5 Å². The number of carbonyl (C=O) groups is 2. The van der Waals surface area contributed by atoms with E-state index in [4.69, 9.17) is 9.36 Å². The van der Waals surface area contributed by atoms with Crippen LogP contribution in [0.25, 0.3) is 0 Å².